The largest absolute Gasteiger partial charge is 0.450 e. The first-order valence-corrected chi connectivity index (χ1v) is 12.1. The maximum Gasteiger partial charge on any atom is 0.306 e. The van der Waals surface area contributed by atoms with Crippen LogP contribution in [0.4, 0.5) is 0 Å². The third-order valence-corrected chi connectivity index (χ3v) is 9.17. The van der Waals surface area contributed by atoms with Crippen molar-refractivity contribution < 1.29 is 24.2 Å². The van der Waals surface area contributed by atoms with Crippen LogP contribution in [0.15, 0.2) is 23.8 Å². The van der Waals surface area contributed by atoms with Gasteiger partial charge in [-0.05, 0) is 62.5 Å². The zero-order chi connectivity index (χ0) is 22.6. The number of ketones is 2. The summed E-state index contributed by atoms with van der Waals surface area (Å²) in [5, 5.41) is 11.5. The number of rotatable bonds is 5. The van der Waals surface area contributed by atoms with Gasteiger partial charge in [-0.15, -0.1) is 11.6 Å². The molecule has 0 radical (unpaired) electrons. The summed E-state index contributed by atoms with van der Waals surface area (Å²) in [5.41, 5.74) is -1.20. The molecule has 0 aliphatic heterocycles. The number of carbonyl (C=O) groups excluding carboxylic acids is 3. The topological polar surface area (TPSA) is 80.7 Å². The Labute approximate surface area is 189 Å². The number of esters is 1. The van der Waals surface area contributed by atoms with Crippen LogP contribution in [0.3, 0.4) is 0 Å². The molecule has 3 saturated carbocycles. The maximum atomic E-state index is 13.2. The van der Waals surface area contributed by atoms with E-state index in [1.165, 1.54) is 0 Å². The molecule has 3 fully saturated rings. The van der Waals surface area contributed by atoms with Gasteiger partial charge in [-0.2, -0.15) is 0 Å². The van der Waals surface area contributed by atoms with E-state index in [0.717, 1.165) is 24.8 Å². The van der Waals surface area contributed by atoms with Crippen molar-refractivity contribution in [2.24, 2.45) is 28.6 Å². The minimum atomic E-state index is -1.27. The van der Waals surface area contributed by atoms with Crippen LogP contribution in [0.1, 0.15) is 65.7 Å². The van der Waals surface area contributed by atoms with Crippen molar-refractivity contribution in [2.45, 2.75) is 77.4 Å². The smallest absolute Gasteiger partial charge is 0.306 e. The molecule has 4 rings (SSSR count). The highest BCUT2D eigenvalue weighted by Gasteiger charge is 2.70. The lowest BCUT2D eigenvalue weighted by Gasteiger charge is -2.59. The molecule has 1 N–H and O–H groups in total. The van der Waals surface area contributed by atoms with E-state index in [2.05, 4.69) is 6.92 Å². The highest BCUT2D eigenvalue weighted by atomic mass is 35.5. The van der Waals surface area contributed by atoms with Gasteiger partial charge in [0.2, 0.25) is 0 Å². The number of fused-ring (bicyclic) bond motifs is 5. The van der Waals surface area contributed by atoms with E-state index in [0.29, 0.717) is 19.3 Å². The fraction of sp³-hybridized carbons (Fsp3) is 0.720. The van der Waals surface area contributed by atoms with Gasteiger partial charge in [-0.3, -0.25) is 14.4 Å². The number of halogens is 1. The number of Topliss-reactive ketones (excluding diaryl/α,β-unsaturated/α-hetero) is 1. The van der Waals surface area contributed by atoms with Crippen LogP contribution >= 0.6 is 11.6 Å². The minimum Gasteiger partial charge on any atom is -0.450 e. The average molecular weight is 449 g/mol. The van der Waals surface area contributed by atoms with Gasteiger partial charge < -0.3 is 9.84 Å². The quantitative estimate of drug-likeness (QED) is 0.504. The molecular formula is C25H33ClO5. The van der Waals surface area contributed by atoms with E-state index in [4.69, 9.17) is 16.3 Å². The Morgan fingerprint density at radius 2 is 2.03 bits per heavy atom. The Bertz CT molecular complexity index is 862. The monoisotopic (exact) mass is 448 g/mol. The first kappa shape index (κ1) is 22.7. The molecule has 0 bridgehead atoms. The van der Waals surface area contributed by atoms with Crippen LogP contribution in [-0.4, -0.2) is 40.2 Å². The van der Waals surface area contributed by atoms with Gasteiger partial charge in [0.15, 0.2) is 17.2 Å². The molecule has 0 heterocycles. The molecule has 0 unspecified atom stereocenters. The van der Waals surface area contributed by atoms with E-state index in [-0.39, 0.29) is 53.0 Å². The standard InChI is InChI=1S/C25H33ClO5/c1-4-5-21(30)31-25(20(29)14-26)11-9-18-17-7-6-15-12-16(27)8-10-23(15,2)22(17)19(28)13-24(18,25)3/h8,10,12,17-19,22,28H,4-7,9,11,13-14H2,1-3H3/t17-,18-,19-,22+,23-,24-,25-/m0/s1. The highest BCUT2D eigenvalue weighted by molar-refractivity contribution is 6.29. The number of carbonyl (C=O) groups is 3. The molecule has 0 amide bonds. The lowest BCUT2D eigenvalue weighted by molar-refractivity contribution is -0.197. The molecule has 4 aliphatic rings. The average Bonchev–Trinajstić information content (AvgIpc) is 3.00. The second-order valence-corrected chi connectivity index (χ2v) is 10.6. The first-order chi connectivity index (χ1) is 14.6. The summed E-state index contributed by atoms with van der Waals surface area (Å²) < 4.78 is 5.98. The molecule has 31 heavy (non-hydrogen) atoms. The van der Waals surface area contributed by atoms with Crippen molar-refractivity contribution in [3.63, 3.8) is 0 Å². The van der Waals surface area contributed by atoms with Gasteiger partial charge in [0.25, 0.3) is 0 Å². The molecule has 0 spiro atoms. The Morgan fingerprint density at radius 1 is 1.29 bits per heavy atom. The predicted molar refractivity (Wildman–Crippen MR) is 117 cm³/mol. The minimum absolute atomic E-state index is 0.0106. The fourth-order valence-electron chi connectivity index (χ4n) is 7.55. The second kappa shape index (κ2) is 7.84. The van der Waals surface area contributed by atoms with Crippen molar-refractivity contribution in [3.8, 4) is 0 Å². The van der Waals surface area contributed by atoms with Crippen molar-refractivity contribution >= 4 is 29.1 Å². The molecule has 0 aromatic heterocycles. The van der Waals surface area contributed by atoms with Crippen LogP contribution in [0.25, 0.3) is 0 Å². The summed E-state index contributed by atoms with van der Waals surface area (Å²) in [6, 6.07) is 0. The van der Waals surface area contributed by atoms with Gasteiger partial charge in [0.05, 0.1) is 12.0 Å². The Kier molecular flexibility index (Phi) is 5.75. The number of hydrogen-bond donors (Lipinski definition) is 1. The molecule has 7 atom stereocenters. The lowest BCUT2D eigenvalue weighted by Crippen LogP contribution is -2.62. The number of aliphatic hydroxyl groups excluding tert-OH is 1. The van der Waals surface area contributed by atoms with Gasteiger partial charge in [-0.1, -0.05) is 32.4 Å². The SMILES string of the molecule is CCCC(=O)O[C@]1(C(=O)CCl)CC[C@H]2[C@@H]3CCC4=CC(=O)C=C[C@]4(C)[C@H]3[C@@H](O)C[C@@]21C. The van der Waals surface area contributed by atoms with Crippen molar-refractivity contribution in [1.82, 2.24) is 0 Å². The van der Waals surface area contributed by atoms with Crippen molar-refractivity contribution in [1.29, 1.82) is 0 Å². The number of allylic oxidation sites excluding steroid dienone is 4. The van der Waals surface area contributed by atoms with E-state index < -0.39 is 17.1 Å². The van der Waals surface area contributed by atoms with Crippen LogP contribution < -0.4 is 0 Å². The normalized spacial score (nSPS) is 43.5. The molecule has 0 saturated heterocycles. The lowest BCUT2D eigenvalue weighted by atomic mass is 9.46. The van der Waals surface area contributed by atoms with Crippen LogP contribution in [0, 0.1) is 28.6 Å². The summed E-state index contributed by atoms with van der Waals surface area (Å²) in [7, 11) is 0. The summed E-state index contributed by atoms with van der Waals surface area (Å²) in [5.74, 6) is -0.509. The van der Waals surface area contributed by atoms with Crippen molar-refractivity contribution in [3.05, 3.63) is 23.8 Å². The highest BCUT2D eigenvalue weighted by Crippen LogP contribution is 2.67. The van der Waals surface area contributed by atoms with Gasteiger partial charge >= 0.3 is 5.97 Å². The number of aliphatic hydroxyl groups is 1. The molecule has 0 aromatic rings. The first-order valence-electron chi connectivity index (χ1n) is 11.6. The zero-order valence-electron chi connectivity index (χ0n) is 18.7. The molecule has 170 valence electrons. The number of alkyl halides is 1. The summed E-state index contributed by atoms with van der Waals surface area (Å²) in [4.78, 5) is 37.7. The van der Waals surface area contributed by atoms with Crippen LogP contribution in [0.2, 0.25) is 0 Å². The van der Waals surface area contributed by atoms with E-state index in [1.54, 1.807) is 12.2 Å². The van der Waals surface area contributed by atoms with Gasteiger partial charge in [0.1, 0.15) is 0 Å². The molecular weight excluding hydrogens is 416 g/mol. The van der Waals surface area contributed by atoms with Gasteiger partial charge in [0, 0.05) is 23.2 Å². The fourth-order valence-corrected chi connectivity index (χ4v) is 7.77. The molecule has 6 heteroatoms. The van der Waals surface area contributed by atoms with Gasteiger partial charge in [-0.25, -0.2) is 0 Å². The summed E-state index contributed by atoms with van der Waals surface area (Å²) >= 11 is 6.02. The summed E-state index contributed by atoms with van der Waals surface area (Å²) in [6.07, 6.45) is 8.85. The second-order valence-electron chi connectivity index (χ2n) is 10.4. The molecule has 4 aliphatic carbocycles. The Hall–Kier alpha value is -1.46. The summed E-state index contributed by atoms with van der Waals surface area (Å²) in [6.45, 7) is 6.04. The third kappa shape index (κ3) is 3.18. The third-order valence-electron chi connectivity index (χ3n) is 8.93. The van der Waals surface area contributed by atoms with Crippen LogP contribution in [-0.2, 0) is 19.1 Å². The van der Waals surface area contributed by atoms with Crippen LogP contribution in [0.5, 0.6) is 0 Å². The maximum absolute atomic E-state index is 13.2. The molecule has 0 aromatic carbocycles. The van der Waals surface area contributed by atoms with E-state index >= 15 is 0 Å². The molecule has 5 nitrogen and oxygen atoms in total. The number of hydrogen-bond acceptors (Lipinski definition) is 5. The van der Waals surface area contributed by atoms with Crippen molar-refractivity contribution in [2.75, 3.05) is 5.88 Å². The van der Waals surface area contributed by atoms with E-state index in [1.807, 2.05) is 19.9 Å². The Balaban J connectivity index is 1.73. The number of ether oxygens (including phenoxy) is 1. The predicted octanol–water partition coefficient (Wildman–Crippen LogP) is 4.16. The zero-order valence-corrected chi connectivity index (χ0v) is 19.4. The van der Waals surface area contributed by atoms with E-state index in [9.17, 15) is 19.5 Å². The Morgan fingerprint density at radius 3 is 2.71 bits per heavy atom.